The van der Waals surface area contributed by atoms with Gasteiger partial charge in [0.2, 0.25) is 0 Å². The molecule has 1 rings (SSSR count). The van der Waals surface area contributed by atoms with E-state index in [1.807, 2.05) is 27.7 Å². The van der Waals surface area contributed by atoms with Crippen LogP contribution in [0.2, 0.25) is 0 Å². The van der Waals surface area contributed by atoms with Crippen molar-refractivity contribution in [2.75, 3.05) is 6.54 Å². The van der Waals surface area contributed by atoms with E-state index >= 15 is 0 Å². The number of carbonyl (C=O) groups is 1. The second kappa shape index (κ2) is 9.39. The Morgan fingerprint density at radius 2 is 1.95 bits per heavy atom. The third-order valence-corrected chi connectivity index (χ3v) is 4.44. The Labute approximate surface area is 136 Å². The highest BCUT2D eigenvalue weighted by molar-refractivity contribution is 5.67. The maximum absolute atomic E-state index is 11.7. The zero-order valence-electron chi connectivity index (χ0n) is 15.2. The molecule has 0 radical (unpaired) electrons. The number of carbonyl (C=O) groups excluding carboxylic acids is 1. The molecule has 1 aliphatic rings. The lowest BCUT2D eigenvalue weighted by Gasteiger charge is -2.22. The normalized spacial score (nSPS) is 24.4. The van der Waals surface area contributed by atoms with Gasteiger partial charge in [0.05, 0.1) is 0 Å². The first-order valence-electron chi connectivity index (χ1n) is 9.03. The Bertz CT molecular complexity index is 326. The van der Waals surface area contributed by atoms with E-state index in [1.165, 1.54) is 38.5 Å². The molecule has 0 aromatic rings. The van der Waals surface area contributed by atoms with Crippen molar-refractivity contribution < 1.29 is 9.53 Å². The van der Waals surface area contributed by atoms with Crippen molar-refractivity contribution in [3.63, 3.8) is 0 Å². The lowest BCUT2D eigenvalue weighted by molar-refractivity contribution is 0.0506. The van der Waals surface area contributed by atoms with Crippen molar-refractivity contribution in [1.29, 1.82) is 0 Å². The van der Waals surface area contributed by atoms with Gasteiger partial charge in [0, 0.05) is 12.1 Å². The van der Waals surface area contributed by atoms with E-state index in [-0.39, 0.29) is 12.1 Å². The number of ether oxygens (including phenoxy) is 1. The van der Waals surface area contributed by atoms with Crippen molar-refractivity contribution >= 4 is 6.09 Å². The van der Waals surface area contributed by atoms with Gasteiger partial charge in [-0.05, 0) is 65.8 Å². The van der Waals surface area contributed by atoms with Crippen LogP contribution in [0.15, 0.2) is 0 Å². The van der Waals surface area contributed by atoms with Gasteiger partial charge in [0.25, 0.3) is 0 Å². The molecule has 1 saturated carbocycles. The van der Waals surface area contributed by atoms with Gasteiger partial charge in [-0.3, -0.25) is 0 Å². The monoisotopic (exact) mass is 312 g/mol. The molecule has 0 spiro atoms. The van der Waals surface area contributed by atoms with Gasteiger partial charge in [0.15, 0.2) is 0 Å². The number of alkyl carbamates (subject to hydrolysis) is 1. The summed E-state index contributed by atoms with van der Waals surface area (Å²) < 4.78 is 5.27. The molecule has 0 aliphatic heterocycles. The van der Waals surface area contributed by atoms with E-state index in [4.69, 9.17) is 4.74 Å². The maximum Gasteiger partial charge on any atom is 0.407 e. The Morgan fingerprint density at radius 1 is 1.23 bits per heavy atom. The second-order valence-corrected chi connectivity index (χ2v) is 7.77. The van der Waals surface area contributed by atoms with Crippen molar-refractivity contribution in [2.24, 2.45) is 5.92 Å². The Morgan fingerprint density at radius 3 is 2.59 bits per heavy atom. The fraction of sp³-hybridized carbons (Fsp3) is 0.944. The summed E-state index contributed by atoms with van der Waals surface area (Å²) in [5, 5.41) is 6.57. The smallest absolute Gasteiger partial charge is 0.407 e. The molecular formula is C18H36N2O2. The zero-order chi connectivity index (χ0) is 16.6. The molecule has 1 fully saturated rings. The summed E-state index contributed by atoms with van der Waals surface area (Å²) in [7, 11) is 0. The number of amides is 1. The minimum atomic E-state index is -0.432. The predicted octanol–water partition coefficient (Wildman–Crippen LogP) is 4.24. The third-order valence-electron chi connectivity index (χ3n) is 4.44. The molecule has 0 aromatic heterocycles. The van der Waals surface area contributed by atoms with E-state index in [2.05, 4.69) is 17.6 Å². The molecule has 3 unspecified atom stereocenters. The highest BCUT2D eigenvalue weighted by atomic mass is 16.6. The van der Waals surface area contributed by atoms with Gasteiger partial charge >= 0.3 is 6.09 Å². The van der Waals surface area contributed by atoms with Crippen LogP contribution in [-0.4, -0.2) is 30.3 Å². The predicted molar refractivity (Wildman–Crippen MR) is 92.1 cm³/mol. The van der Waals surface area contributed by atoms with Crippen LogP contribution in [0.3, 0.4) is 0 Å². The van der Waals surface area contributed by atoms with Crippen LogP contribution in [-0.2, 0) is 4.74 Å². The molecule has 4 nitrogen and oxygen atoms in total. The quantitative estimate of drug-likeness (QED) is 0.721. The highest BCUT2D eigenvalue weighted by Crippen LogP contribution is 2.25. The van der Waals surface area contributed by atoms with Crippen molar-refractivity contribution in [3.8, 4) is 0 Å². The lowest BCUT2D eigenvalue weighted by Crippen LogP contribution is -2.40. The molecule has 0 heterocycles. The van der Waals surface area contributed by atoms with Gasteiger partial charge in [-0.15, -0.1) is 0 Å². The number of hydrogen-bond acceptors (Lipinski definition) is 3. The number of nitrogens with one attached hydrogen (secondary N) is 2. The van der Waals surface area contributed by atoms with Crippen molar-refractivity contribution in [2.45, 2.75) is 97.2 Å². The fourth-order valence-electron chi connectivity index (χ4n) is 3.08. The lowest BCUT2D eigenvalue weighted by atomic mass is 9.98. The minimum absolute atomic E-state index is 0.136. The second-order valence-electron chi connectivity index (χ2n) is 7.77. The maximum atomic E-state index is 11.7. The van der Waals surface area contributed by atoms with Gasteiger partial charge in [-0.1, -0.05) is 26.2 Å². The Hall–Kier alpha value is -0.770. The summed E-state index contributed by atoms with van der Waals surface area (Å²) in [4.78, 5) is 11.7. The number of hydrogen-bond donors (Lipinski definition) is 2. The molecule has 130 valence electrons. The largest absolute Gasteiger partial charge is 0.444 e. The molecule has 22 heavy (non-hydrogen) atoms. The van der Waals surface area contributed by atoms with Gasteiger partial charge in [-0.25, -0.2) is 4.79 Å². The molecular weight excluding hydrogens is 276 g/mol. The van der Waals surface area contributed by atoms with E-state index in [9.17, 15) is 4.79 Å². The summed E-state index contributed by atoms with van der Waals surface area (Å²) >= 11 is 0. The summed E-state index contributed by atoms with van der Waals surface area (Å²) in [6, 6.07) is 0.793. The molecule has 4 heteroatoms. The molecule has 0 bridgehead atoms. The highest BCUT2D eigenvalue weighted by Gasteiger charge is 2.19. The van der Waals surface area contributed by atoms with E-state index in [1.54, 1.807) is 0 Å². The number of rotatable bonds is 6. The molecule has 3 atom stereocenters. The third kappa shape index (κ3) is 8.62. The van der Waals surface area contributed by atoms with Crippen LogP contribution in [0.25, 0.3) is 0 Å². The first kappa shape index (κ1) is 19.3. The minimum Gasteiger partial charge on any atom is -0.444 e. The summed E-state index contributed by atoms with van der Waals surface area (Å²) in [6.07, 6.45) is 8.64. The summed E-state index contributed by atoms with van der Waals surface area (Å²) in [5.41, 5.74) is -0.432. The van der Waals surface area contributed by atoms with Gasteiger partial charge in [-0.2, -0.15) is 0 Å². The van der Waals surface area contributed by atoms with Crippen LogP contribution in [0, 0.1) is 5.92 Å². The standard InChI is InChI=1S/C18H36N2O2/c1-6-15-8-7-9-16(11-10-15)19-13-12-14(2)20-17(21)22-18(3,4)5/h14-16,19H,6-13H2,1-5H3,(H,20,21). The van der Waals surface area contributed by atoms with Crippen LogP contribution < -0.4 is 10.6 Å². The average molecular weight is 312 g/mol. The topological polar surface area (TPSA) is 50.4 Å². The van der Waals surface area contributed by atoms with Gasteiger partial charge < -0.3 is 15.4 Å². The summed E-state index contributed by atoms with van der Waals surface area (Å²) in [6.45, 7) is 10.9. The first-order chi connectivity index (χ1) is 10.3. The molecule has 1 amide bonds. The Kier molecular flexibility index (Phi) is 8.23. The van der Waals surface area contributed by atoms with Gasteiger partial charge in [0.1, 0.15) is 5.60 Å². The van der Waals surface area contributed by atoms with Crippen LogP contribution in [0.1, 0.15) is 79.6 Å². The fourth-order valence-corrected chi connectivity index (χ4v) is 3.08. The van der Waals surface area contributed by atoms with Crippen LogP contribution in [0.4, 0.5) is 4.79 Å². The van der Waals surface area contributed by atoms with E-state index in [0.29, 0.717) is 6.04 Å². The molecule has 0 aromatic carbocycles. The van der Waals surface area contributed by atoms with Crippen LogP contribution >= 0.6 is 0 Å². The summed E-state index contributed by atoms with van der Waals surface area (Å²) in [5.74, 6) is 0.930. The van der Waals surface area contributed by atoms with Crippen LogP contribution in [0.5, 0.6) is 0 Å². The first-order valence-corrected chi connectivity index (χ1v) is 9.03. The SMILES string of the molecule is CCC1CCCC(NCCC(C)NC(=O)OC(C)(C)C)CC1. The molecule has 0 saturated heterocycles. The molecule has 1 aliphatic carbocycles. The van der Waals surface area contributed by atoms with E-state index in [0.717, 1.165) is 18.9 Å². The van der Waals surface area contributed by atoms with Crippen molar-refractivity contribution in [3.05, 3.63) is 0 Å². The zero-order valence-corrected chi connectivity index (χ0v) is 15.2. The average Bonchev–Trinajstić information content (AvgIpc) is 2.61. The van der Waals surface area contributed by atoms with Crippen molar-refractivity contribution in [1.82, 2.24) is 10.6 Å². The molecule has 2 N–H and O–H groups in total. The van der Waals surface area contributed by atoms with E-state index < -0.39 is 5.60 Å². The Balaban J connectivity index is 2.16.